The summed E-state index contributed by atoms with van der Waals surface area (Å²) in [5.41, 5.74) is 0.596. The van der Waals surface area contributed by atoms with Crippen LogP contribution < -0.4 is 10.1 Å². The molecule has 2 amide bonds. The van der Waals surface area contributed by atoms with Gasteiger partial charge >= 0.3 is 0 Å². The van der Waals surface area contributed by atoms with Gasteiger partial charge in [0.15, 0.2) is 0 Å². The van der Waals surface area contributed by atoms with Gasteiger partial charge in [0.25, 0.3) is 5.91 Å². The van der Waals surface area contributed by atoms with E-state index in [2.05, 4.69) is 15.5 Å². The zero-order valence-electron chi connectivity index (χ0n) is 14.9. The van der Waals surface area contributed by atoms with E-state index in [0.717, 1.165) is 0 Å². The first-order valence-corrected chi connectivity index (χ1v) is 8.57. The number of rotatable bonds is 5. The van der Waals surface area contributed by atoms with Crippen LogP contribution in [0.25, 0.3) is 0 Å². The highest BCUT2D eigenvalue weighted by Crippen LogP contribution is 2.21. The molecular weight excluding hydrogens is 336 g/mol. The van der Waals surface area contributed by atoms with E-state index in [1.807, 2.05) is 0 Å². The third kappa shape index (κ3) is 4.19. The fourth-order valence-corrected chi connectivity index (χ4v) is 3.00. The fraction of sp³-hybridized carbons (Fsp3) is 0.444. The van der Waals surface area contributed by atoms with Crippen molar-refractivity contribution in [2.24, 2.45) is 5.92 Å². The van der Waals surface area contributed by atoms with Gasteiger partial charge in [0.1, 0.15) is 5.75 Å². The number of likely N-dealkylation sites (tertiary alicyclic amines) is 1. The Hall–Kier alpha value is -2.90. The Balaban J connectivity index is 1.50. The Morgan fingerprint density at radius 3 is 2.73 bits per heavy atom. The smallest absolute Gasteiger partial charge is 0.253 e. The van der Waals surface area contributed by atoms with Crippen LogP contribution in [0.1, 0.15) is 35.0 Å². The van der Waals surface area contributed by atoms with Gasteiger partial charge in [-0.2, -0.15) is 0 Å². The Labute approximate surface area is 151 Å². The number of benzene rings is 1. The predicted molar refractivity (Wildman–Crippen MR) is 92.5 cm³/mol. The Bertz CT molecular complexity index is 781. The number of nitrogens with zero attached hydrogens (tertiary/aromatic N) is 3. The lowest BCUT2D eigenvalue weighted by Crippen LogP contribution is -2.42. The molecule has 0 atom stereocenters. The first-order valence-electron chi connectivity index (χ1n) is 8.57. The van der Waals surface area contributed by atoms with E-state index in [4.69, 9.17) is 9.15 Å². The molecule has 138 valence electrons. The molecule has 1 aliphatic rings. The molecule has 0 saturated carbocycles. The third-order valence-corrected chi connectivity index (χ3v) is 4.45. The summed E-state index contributed by atoms with van der Waals surface area (Å²) in [7, 11) is 1.57. The van der Waals surface area contributed by atoms with Crippen molar-refractivity contribution in [1.29, 1.82) is 0 Å². The van der Waals surface area contributed by atoms with Crippen LogP contribution in [-0.2, 0) is 11.3 Å². The molecule has 1 aliphatic heterocycles. The van der Waals surface area contributed by atoms with Crippen LogP contribution in [0.4, 0.5) is 0 Å². The van der Waals surface area contributed by atoms with Crippen molar-refractivity contribution in [3.63, 3.8) is 0 Å². The lowest BCUT2D eigenvalue weighted by atomic mass is 9.95. The lowest BCUT2D eigenvalue weighted by molar-refractivity contribution is -0.126. The normalized spacial score (nSPS) is 14.9. The molecule has 1 fully saturated rings. The average molecular weight is 358 g/mol. The number of ether oxygens (including phenoxy) is 1. The van der Waals surface area contributed by atoms with Gasteiger partial charge in [-0.1, -0.05) is 6.07 Å². The second-order valence-electron chi connectivity index (χ2n) is 6.23. The average Bonchev–Trinajstić information content (AvgIpc) is 3.11. The van der Waals surface area contributed by atoms with E-state index in [1.165, 1.54) is 0 Å². The molecule has 3 rings (SSSR count). The molecule has 1 N–H and O–H groups in total. The lowest BCUT2D eigenvalue weighted by Gasteiger charge is -2.31. The van der Waals surface area contributed by atoms with Crippen molar-refractivity contribution in [1.82, 2.24) is 20.4 Å². The van der Waals surface area contributed by atoms with Crippen molar-refractivity contribution >= 4 is 11.8 Å². The second-order valence-corrected chi connectivity index (χ2v) is 6.23. The standard InChI is InChI=1S/C18H22N4O4/c1-12-20-21-16(26-12)11-19-17(23)13-6-8-22(9-7-13)18(24)14-4-3-5-15(10-14)25-2/h3-5,10,13H,6-9,11H2,1-2H3,(H,19,23). The highest BCUT2D eigenvalue weighted by atomic mass is 16.5. The van der Waals surface area contributed by atoms with Crippen molar-refractivity contribution in [2.75, 3.05) is 20.2 Å². The van der Waals surface area contributed by atoms with Gasteiger partial charge in [-0.25, -0.2) is 0 Å². The summed E-state index contributed by atoms with van der Waals surface area (Å²) in [6.07, 6.45) is 1.26. The quantitative estimate of drug-likeness (QED) is 0.871. The van der Waals surface area contributed by atoms with E-state index < -0.39 is 0 Å². The molecule has 0 bridgehead atoms. The monoisotopic (exact) mass is 358 g/mol. The maximum Gasteiger partial charge on any atom is 0.253 e. The van der Waals surface area contributed by atoms with Crippen LogP contribution in [0.2, 0.25) is 0 Å². The SMILES string of the molecule is COc1cccc(C(=O)N2CCC(C(=O)NCc3nnc(C)o3)CC2)c1. The first-order chi connectivity index (χ1) is 12.6. The van der Waals surface area contributed by atoms with Crippen LogP contribution in [0, 0.1) is 12.8 Å². The predicted octanol–water partition coefficient (Wildman–Crippen LogP) is 1.56. The molecule has 2 aromatic rings. The number of aryl methyl sites for hydroxylation is 1. The summed E-state index contributed by atoms with van der Waals surface area (Å²) in [5, 5.41) is 10.4. The summed E-state index contributed by atoms with van der Waals surface area (Å²) in [6.45, 7) is 3.03. The van der Waals surface area contributed by atoms with Crippen LogP contribution in [0.5, 0.6) is 5.75 Å². The van der Waals surface area contributed by atoms with Crippen molar-refractivity contribution < 1.29 is 18.7 Å². The minimum Gasteiger partial charge on any atom is -0.497 e. The van der Waals surface area contributed by atoms with Gasteiger partial charge < -0.3 is 19.4 Å². The zero-order valence-corrected chi connectivity index (χ0v) is 14.9. The molecule has 1 aromatic heterocycles. The summed E-state index contributed by atoms with van der Waals surface area (Å²) >= 11 is 0. The molecule has 26 heavy (non-hydrogen) atoms. The van der Waals surface area contributed by atoms with E-state index >= 15 is 0 Å². The van der Waals surface area contributed by atoms with Crippen LogP contribution in [-0.4, -0.2) is 47.1 Å². The fourth-order valence-electron chi connectivity index (χ4n) is 3.00. The topological polar surface area (TPSA) is 97.6 Å². The number of carbonyl (C=O) groups excluding carboxylic acids is 2. The molecule has 1 aromatic carbocycles. The molecular formula is C18H22N4O4. The van der Waals surface area contributed by atoms with Gasteiger partial charge in [0.2, 0.25) is 17.7 Å². The number of amides is 2. The van der Waals surface area contributed by atoms with Crippen molar-refractivity contribution in [3.8, 4) is 5.75 Å². The van der Waals surface area contributed by atoms with Gasteiger partial charge in [-0.05, 0) is 31.0 Å². The molecule has 0 aliphatic carbocycles. The van der Waals surface area contributed by atoms with Gasteiger partial charge in [-0.15, -0.1) is 10.2 Å². The van der Waals surface area contributed by atoms with Gasteiger partial charge in [-0.3, -0.25) is 9.59 Å². The van der Waals surface area contributed by atoms with E-state index in [9.17, 15) is 9.59 Å². The molecule has 0 radical (unpaired) electrons. The molecule has 2 heterocycles. The third-order valence-electron chi connectivity index (χ3n) is 4.45. The van der Waals surface area contributed by atoms with E-state index in [1.54, 1.807) is 43.2 Å². The maximum absolute atomic E-state index is 12.6. The summed E-state index contributed by atoms with van der Waals surface area (Å²) in [6, 6.07) is 7.10. The van der Waals surface area contributed by atoms with Gasteiger partial charge in [0.05, 0.1) is 13.7 Å². The number of hydrogen-bond acceptors (Lipinski definition) is 6. The highest BCUT2D eigenvalue weighted by molar-refractivity contribution is 5.94. The van der Waals surface area contributed by atoms with E-state index in [0.29, 0.717) is 49.0 Å². The number of methoxy groups -OCH3 is 1. The Morgan fingerprint density at radius 1 is 1.31 bits per heavy atom. The number of hydrogen-bond donors (Lipinski definition) is 1. The molecule has 0 spiro atoms. The second kappa shape index (κ2) is 7.99. The molecule has 8 nitrogen and oxygen atoms in total. The summed E-state index contributed by atoms with van der Waals surface area (Å²) in [4.78, 5) is 26.7. The zero-order chi connectivity index (χ0) is 18.5. The first kappa shape index (κ1) is 17.9. The minimum absolute atomic E-state index is 0.0379. The number of nitrogens with one attached hydrogen (secondary N) is 1. The molecule has 1 saturated heterocycles. The summed E-state index contributed by atoms with van der Waals surface area (Å²) in [5.74, 6) is 1.31. The highest BCUT2D eigenvalue weighted by Gasteiger charge is 2.28. The largest absolute Gasteiger partial charge is 0.497 e. The van der Waals surface area contributed by atoms with E-state index in [-0.39, 0.29) is 24.3 Å². The maximum atomic E-state index is 12.6. The van der Waals surface area contributed by atoms with Crippen molar-refractivity contribution in [3.05, 3.63) is 41.6 Å². The van der Waals surface area contributed by atoms with Gasteiger partial charge in [0, 0.05) is 31.5 Å². The van der Waals surface area contributed by atoms with Crippen LogP contribution in [0.3, 0.4) is 0 Å². The minimum atomic E-state index is -0.117. The summed E-state index contributed by atoms with van der Waals surface area (Å²) < 4.78 is 10.4. The number of piperidine rings is 1. The number of aromatic nitrogens is 2. The molecule has 0 unspecified atom stereocenters. The Kier molecular flexibility index (Phi) is 5.50. The molecule has 8 heteroatoms. The van der Waals surface area contributed by atoms with Crippen LogP contribution in [0.15, 0.2) is 28.7 Å². The van der Waals surface area contributed by atoms with Crippen LogP contribution >= 0.6 is 0 Å². The number of carbonyl (C=O) groups is 2. The van der Waals surface area contributed by atoms with Crippen molar-refractivity contribution in [2.45, 2.75) is 26.3 Å². The Morgan fingerprint density at radius 2 is 2.08 bits per heavy atom.